The zero-order valence-electron chi connectivity index (χ0n) is 18.5. The SMILES string of the molecule is CSCCC(NC(=O)C(CC(C)C)NC(=O)C(CCC(=O)O)NC(=O)C(N)CS)C(=O)O. The van der Waals surface area contributed by atoms with Crippen molar-refractivity contribution in [1.82, 2.24) is 16.0 Å². The number of hydrogen-bond acceptors (Lipinski definition) is 8. The minimum Gasteiger partial charge on any atom is -0.481 e. The number of aliphatic carboxylic acids is 2. The maximum absolute atomic E-state index is 12.8. The molecule has 0 aliphatic rings. The molecule has 32 heavy (non-hydrogen) atoms. The van der Waals surface area contributed by atoms with Crippen molar-refractivity contribution in [2.75, 3.05) is 17.8 Å². The van der Waals surface area contributed by atoms with E-state index in [-0.39, 0.29) is 30.9 Å². The molecule has 0 aliphatic carbocycles. The molecule has 0 saturated carbocycles. The minimum absolute atomic E-state index is 0.0180. The van der Waals surface area contributed by atoms with Crippen molar-refractivity contribution in [1.29, 1.82) is 0 Å². The summed E-state index contributed by atoms with van der Waals surface area (Å²) < 4.78 is 0. The van der Waals surface area contributed by atoms with Gasteiger partial charge in [0.1, 0.15) is 18.1 Å². The van der Waals surface area contributed by atoms with Gasteiger partial charge >= 0.3 is 11.9 Å². The molecule has 11 nitrogen and oxygen atoms in total. The first kappa shape index (κ1) is 30.0. The van der Waals surface area contributed by atoms with E-state index in [9.17, 15) is 29.1 Å². The number of hydrogen-bond donors (Lipinski definition) is 7. The molecule has 4 unspecified atom stereocenters. The fourth-order valence-electron chi connectivity index (χ4n) is 2.64. The Kier molecular flexibility index (Phi) is 14.8. The average Bonchev–Trinajstić information content (AvgIpc) is 2.71. The van der Waals surface area contributed by atoms with E-state index in [1.165, 1.54) is 11.8 Å². The molecule has 0 aromatic rings. The van der Waals surface area contributed by atoms with Crippen LogP contribution in [0.5, 0.6) is 0 Å². The summed E-state index contributed by atoms with van der Waals surface area (Å²) in [5.74, 6) is -3.95. The van der Waals surface area contributed by atoms with Crippen LogP contribution in [0.3, 0.4) is 0 Å². The molecule has 0 bridgehead atoms. The van der Waals surface area contributed by atoms with Crippen LogP contribution in [0.25, 0.3) is 0 Å². The van der Waals surface area contributed by atoms with E-state index in [1.807, 2.05) is 20.1 Å². The van der Waals surface area contributed by atoms with E-state index in [2.05, 4.69) is 28.6 Å². The molecule has 0 aliphatic heterocycles. The largest absolute Gasteiger partial charge is 0.481 e. The lowest BCUT2D eigenvalue weighted by molar-refractivity contribution is -0.142. The summed E-state index contributed by atoms with van der Waals surface area (Å²) in [6.45, 7) is 3.65. The highest BCUT2D eigenvalue weighted by atomic mass is 32.2. The van der Waals surface area contributed by atoms with Crippen LogP contribution in [0.1, 0.15) is 39.5 Å². The fourth-order valence-corrected chi connectivity index (χ4v) is 3.28. The van der Waals surface area contributed by atoms with Gasteiger partial charge in [0.2, 0.25) is 17.7 Å². The van der Waals surface area contributed by atoms with Crippen LogP contribution in [-0.4, -0.2) is 81.8 Å². The van der Waals surface area contributed by atoms with Crippen LogP contribution in [0.2, 0.25) is 0 Å². The first-order chi connectivity index (χ1) is 14.9. The molecule has 0 fully saturated rings. The molecule has 0 spiro atoms. The Morgan fingerprint density at radius 1 is 0.906 bits per heavy atom. The van der Waals surface area contributed by atoms with Crippen LogP contribution in [0.15, 0.2) is 0 Å². The van der Waals surface area contributed by atoms with Crippen LogP contribution in [-0.2, 0) is 24.0 Å². The summed E-state index contributed by atoms with van der Waals surface area (Å²) in [4.78, 5) is 60.0. The smallest absolute Gasteiger partial charge is 0.326 e. The highest BCUT2D eigenvalue weighted by Gasteiger charge is 2.30. The number of thioether (sulfide) groups is 1. The van der Waals surface area contributed by atoms with Crippen molar-refractivity contribution in [3.63, 3.8) is 0 Å². The van der Waals surface area contributed by atoms with Gasteiger partial charge in [-0.2, -0.15) is 24.4 Å². The monoisotopic (exact) mass is 494 g/mol. The first-order valence-electron chi connectivity index (χ1n) is 10.1. The molecule has 4 atom stereocenters. The summed E-state index contributed by atoms with van der Waals surface area (Å²) in [5.41, 5.74) is 5.60. The third-order valence-corrected chi connectivity index (χ3v) is 5.42. The number of carbonyl (C=O) groups excluding carboxylic acids is 3. The van der Waals surface area contributed by atoms with E-state index in [0.717, 1.165) is 0 Å². The molecule has 13 heteroatoms. The first-order valence-corrected chi connectivity index (χ1v) is 12.2. The highest BCUT2D eigenvalue weighted by Crippen LogP contribution is 2.09. The predicted octanol–water partition coefficient (Wildman–Crippen LogP) is -0.553. The van der Waals surface area contributed by atoms with Crippen molar-refractivity contribution >= 4 is 54.1 Å². The number of carboxylic acids is 2. The molecule has 184 valence electrons. The highest BCUT2D eigenvalue weighted by molar-refractivity contribution is 7.98. The Morgan fingerprint density at radius 2 is 1.44 bits per heavy atom. The quantitative estimate of drug-likeness (QED) is 0.138. The summed E-state index contributed by atoms with van der Waals surface area (Å²) in [5, 5.41) is 25.6. The lowest BCUT2D eigenvalue weighted by Gasteiger charge is -2.26. The number of nitrogens with one attached hydrogen (secondary N) is 3. The van der Waals surface area contributed by atoms with Crippen LogP contribution in [0, 0.1) is 5.92 Å². The molecule has 0 aromatic heterocycles. The minimum atomic E-state index is -1.24. The third kappa shape index (κ3) is 12.2. The zero-order valence-corrected chi connectivity index (χ0v) is 20.2. The van der Waals surface area contributed by atoms with Gasteiger partial charge in [-0.05, 0) is 37.2 Å². The topological polar surface area (TPSA) is 188 Å². The molecule has 0 rings (SSSR count). The lowest BCUT2D eigenvalue weighted by Crippen LogP contribution is -2.57. The van der Waals surface area contributed by atoms with E-state index in [4.69, 9.17) is 10.8 Å². The van der Waals surface area contributed by atoms with E-state index in [1.54, 1.807) is 0 Å². The second kappa shape index (κ2) is 15.8. The lowest BCUT2D eigenvalue weighted by atomic mass is 10.0. The van der Waals surface area contributed by atoms with Crippen molar-refractivity contribution in [3.8, 4) is 0 Å². The fraction of sp³-hybridized carbons (Fsp3) is 0.737. The van der Waals surface area contributed by atoms with Gasteiger partial charge in [0, 0.05) is 12.2 Å². The van der Waals surface area contributed by atoms with Crippen LogP contribution >= 0.6 is 24.4 Å². The Bertz CT molecular complexity index is 664. The number of carboxylic acid groups (broad SMARTS) is 2. The molecule has 0 saturated heterocycles. The Morgan fingerprint density at radius 3 is 1.91 bits per heavy atom. The molecule has 0 aromatic carbocycles. The summed E-state index contributed by atoms with van der Waals surface area (Å²) in [7, 11) is 0. The van der Waals surface area contributed by atoms with E-state index < -0.39 is 60.2 Å². The normalized spacial score (nSPS) is 14.7. The maximum Gasteiger partial charge on any atom is 0.326 e. The molecule has 0 heterocycles. The molecular formula is C19H34N4O7S2. The molecule has 0 radical (unpaired) electrons. The molecule has 3 amide bonds. The summed E-state index contributed by atoms with van der Waals surface area (Å²) in [6.07, 6.45) is 1.62. The molecule has 7 N–H and O–H groups in total. The van der Waals surface area contributed by atoms with Crippen LogP contribution in [0.4, 0.5) is 0 Å². The standard InChI is InChI=1S/C19H34N4O7S2/c1-10(2)8-14(18(28)22-13(19(29)30)6-7-32-3)23-17(27)12(4-5-15(24)25)21-16(26)11(20)9-31/h10-14,31H,4-9,20H2,1-3H3,(H,21,26)(H,22,28)(H,23,27)(H,24,25)(H,29,30). The maximum atomic E-state index is 12.8. The zero-order chi connectivity index (χ0) is 24.8. The van der Waals surface area contributed by atoms with Gasteiger partial charge in [-0.25, -0.2) is 4.79 Å². The number of carbonyl (C=O) groups is 5. The van der Waals surface area contributed by atoms with Gasteiger partial charge in [0.15, 0.2) is 0 Å². The predicted molar refractivity (Wildman–Crippen MR) is 125 cm³/mol. The van der Waals surface area contributed by atoms with Gasteiger partial charge in [0.05, 0.1) is 6.04 Å². The Hall–Kier alpha value is -1.99. The van der Waals surface area contributed by atoms with E-state index in [0.29, 0.717) is 5.75 Å². The summed E-state index contributed by atoms with van der Waals surface area (Å²) in [6, 6.07) is -4.42. The number of nitrogens with two attached hydrogens (primary N) is 1. The third-order valence-electron chi connectivity index (χ3n) is 4.38. The van der Waals surface area contributed by atoms with Gasteiger partial charge in [-0.3, -0.25) is 19.2 Å². The second-order valence-electron chi connectivity index (χ2n) is 7.65. The van der Waals surface area contributed by atoms with Gasteiger partial charge in [0.25, 0.3) is 0 Å². The van der Waals surface area contributed by atoms with E-state index >= 15 is 0 Å². The number of amides is 3. The van der Waals surface area contributed by atoms with Crippen molar-refractivity contribution in [3.05, 3.63) is 0 Å². The van der Waals surface area contributed by atoms with Crippen molar-refractivity contribution < 1.29 is 34.2 Å². The van der Waals surface area contributed by atoms with Gasteiger partial charge < -0.3 is 31.9 Å². The van der Waals surface area contributed by atoms with Crippen molar-refractivity contribution in [2.24, 2.45) is 11.7 Å². The Labute approximate surface area is 197 Å². The van der Waals surface area contributed by atoms with Crippen molar-refractivity contribution in [2.45, 2.75) is 63.7 Å². The van der Waals surface area contributed by atoms with Gasteiger partial charge in [-0.15, -0.1) is 0 Å². The Balaban J connectivity index is 5.46. The average molecular weight is 495 g/mol. The second-order valence-corrected chi connectivity index (χ2v) is 9.01. The molecular weight excluding hydrogens is 460 g/mol. The number of thiol groups is 1. The number of rotatable bonds is 16. The van der Waals surface area contributed by atoms with Gasteiger partial charge in [-0.1, -0.05) is 13.8 Å². The summed E-state index contributed by atoms with van der Waals surface area (Å²) >= 11 is 5.36. The van der Waals surface area contributed by atoms with Crippen LogP contribution < -0.4 is 21.7 Å².